The van der Waals surface area contributed by atoms with Crippen molar-refractivity contribution in [2.75, 3.05) is 5.32 Å². The van der Waals surface area contributed by atoms with Crippen molar-refractivity contribution in [3.05, 3.63) is 96.3 Å². The number of imidazole rings is 1. The molecule has 0 spiro atoms. The first kappa shape index (κ1) is 18.5. The van der Waals surface area contributed by atoms with E-state index in [0.29, 0.717) is 0 Å². The number of aryl methyl sites for hydroxylation is 2. The Morgan fingerprint density at radius 3 is 2.37 bits per heavy atom. The van der Waals surface area contributed by atoms with E-state index in [1.54, 1.807) is 17.7 Å². The predicted molar refractivity (Wildman–Crippen MR) is 123 cm³/mol. The fourth-order valence-electron chi connectivity index (χ4n) is 3.78. The topological polar surface area (TPSA) is 55.6 Å². The normalized spacial score (nSPS) is 12.2. The van der Waals surface area contributed by atoms with Crippen LogP contribution in [-0.2, 0) is 7.05 Å². The van der Waals surface area contributed by atoms with Gasteiger partial charge in [-0.2, -0.15) is 0 Å². The minimum atomic E-state index is -0.122. The van der Waals surface area contributed by atoms with Crippen LogP contribution >= 0.6 is 11.3 Å². The van der Waals surface area contributed by atoms with E-state index in [2.05, 4.69) is 63.6 Å². The zero-order valence-electron chi connectivity index (χ0n) is 16.8. The van der Waals surface area contributed by atoms with E-state index in [1.165, 1.54) is 16.0 Å². The molecule has 148 valence electrons. The molecule has 0 saturated carbocycles. The molecule has 1 atom stereocenters. The molecule has 0 amide bonds. The maximum atomic E-state index is 4.63. The molecule has 0 aliphatic rings. The van der Waals surface area contributed by atoms with E-state index in [-0.39, 0.29) is 6.04 Å². The number of hydrogen-bond donors (Lipinski definition) is 1. The van der Waals surface area contributed by atoms with Crippen molar-refractivity contribution in [2.24, 2.45) is 7.05 Å². The summed E-state index contributed by atoms with van der Waals surface area (Å²) in [5.41, 5.74) is 3.53. The van der Waals surface area contributed by atoms with Crippen molar-refractivity contribution in [1.29, 1.82) is 0 Å². The Labute approximate surface area is 179 Å². The van der Waals surface area contributed by atoms with E-state index in [4.69, 9.17) is 0 Å². The van der Waals surface area contributed by atoms with Crippen LogP contribution in [-0.4, -0.2) is 19.5 Å². The molecule has 30 heavy (non-hydrogen) atoms. The van der Waals surface area contributed by atoms with Crippen molar-refractivity contribution >= 4 is 27.4 Å². The highest BCUT2D eigenvalue weighted by Crippen LogP contribution is 2.40. The third-order valence-electron chi connectivity index (χ3n) is 5.29. The van der Waals surface area contributed by atoms with Gasteiger partial charge in [-0.15, -0.1) is 11.3 Å². The summed E-state index contributed by atoms with van der Waals surface area (Å²) in [4.78, 5) is 16.0. The second-order valence-electron chi connectivity index (χ2n) is 7.21. The van der Waals surface area contributed by atoms with E-state index in [1.807, 2.05) is 48.3 Å². The molecule has 2 aromatic carbocycles. The smallest absolute Gasteiger partial charge is 0.139 e. The van der Waals surface area contributed by atoms with Gasteiger partial charge in [-0.05, 0) is 23.6 Å². The van der Waals surface area contributed by atoms with Gasteiger partial charge in [0.25, 0.3) is 0 Å². The average Bonchev–Trinajstić information content (AvgIpc) is 3.37. The summed E-state index contributed by atoms with van der Waals surface area (Å²) in [6.07, 6.45) is 5.42. The minimum Gasteiger partial charge on any atom is -0.356 e. The van der Waals surface area contributed by atoms with Gasteiger partial charge in [0.2, 0.25) is 0 Å². The number of nitrogens with zero attached hydrogens (tertiary/aromatic N) is 4. The first-order chi connectivity index (χ1) is 14.7. The molecule has 0 radical (unpaired) electrons. The highest BCUT2D eigenvalue weighted by molar-refractivity contribution is 7.22. The van der Waals surface area contributed by atoms with Gasteiger partial charge < -0.3 is 9.88 Å². The first-order valence-corrected chi connectivity index (χ1v) is 10.6. The number of thiophene rings is 1. The zero-order valence-corrected chi connectivity index (χ0v) is 17.6. The van der Waals surface area contributed by atoms with Gasteiger partial charge in [-0.3, -0.25) is 0 Å². The van der Waals surface area contributed by atoms with Crippen LogP contribution in [0.3, 0.4) is 0 Å². The molecule has 5 rings (SSSR count). The van der Waals surface area contributed by atoms with Crippen LogP contribution in [0.1, 0.15) is 23.0 Å². The number of fused-ring (bicyclic) bond motifs is 1. The average molecular weight is 412 g/mol. The van der Waals surface area contributed by atoms with Gasteiger partial charge in [0.1, 0.15) is 28.8 Å². The number of benzene rings is 2. The van der Waals surface area contributed by atoms with E-state index < -0.39 is 0 Å². The third kappa shape index (κ3) is 3.25. The lowest BCUT2D eigenvalue weighted by Crippen LogP contribution is -2.17. The Balaban J connectivity index is 1.63. The Hall–Kier alpha value is -3.51. The molecule has 0 aliphatic carbocycles. The number of anilines is 1. The summed E-state index contributed by atoms with van der Waals surface area (Å²) >= 11 is 1.70. The SMILES string of the molecule is Cc1c(-c2ccccc2)sc2ncnc(N[C@H](c3ccccc3)c3nccn3C)c12. The second kappa shape index (κ2) is 7.72. The molecular weight excluding hydrogens is 390 g/mol. The second-order valence-corrected chi connectivity index (χ2v) is 8.21. The van der Waals surface area contributed by atoms with Crippen molar-refractivity contribution in [3.8, 4) is 10.4 Å². The monoisotopic (exact) mass is 411 g/mol. The lowest BCUT2D eigenvalue weighted by molar-refractivity contribution is 0.746. The molecule has 0 fully saturated rings. The summed E-state index contributed by atoms with van der Waals surface area (Å²) in [5.74, 6) is 1.76. The lowest BCUT2D eigenvalue weighted by Gasteiger charge is -2.20. The Morgan fingerprint density at radius 1 is 0.933 bits per heavy atom. The minimum absolute atomic E-state index is 0.122. The van der Waals surface area contributed by atoms with Gasteiger partial charge in [0.15, 0.2) is 0 Å². The van der Waals surface area contributed by atoms with Crippen molar-refractivity contribution in [3.63, 3.8) is 0 Å². The van der Waals surface area contributed by atoms with Crippen LogP contribution in [0.5, 0.6) is 0 Å². The third-order valence-corrected chi connectivity index (χ3v) is 6.54. The maximum Gasteiger partial charge on any atom is 0.139 e. The van der Waals surface area contributed by atoms with E-state index in [9.17, 15) is 0 Å². The fourth-order valence-corrected chi connectivity index (χ4v) is 4.93. The van der Waals surface area contributed by atoms with Crippen molar-refractivity contribution < 1.29 is 0 Å². The van der Waals surface area contributed by atoms with Gasteiger partial charge in [-0.1, -0.05) is 60.7 Å². The molecule has 5 aromatic rings. The highest BCUT2D eigenvalue weighted by atomic mass is 32.1. The van der Waals surface area contributed by atoms with Gasteiger partial charge >= 0.3 is 0 Å². The van der Waals surface area contributed by atoms with Crippen molar-refractivity contribution in [1.82, 2.24) is 19.5 Å². The van der Waals surface area contributed by atoms with Gasteiger partial charge in [0, 0.05) is 24.3 Å². The molecule has 0 bridgehead atoms. The molecule has 5 nitrogen and oxygen atoms in total. The molecule has 0 saturated heterocycles. The van der Waals surface area contributed by atoms with Crippen LogP contribution < -0.4 is 5.32 Å². The number of aromatic nitrogens is 4. The molecule has 3 heterocycles. The lowest BCUT2D eigenvalue weighted by atomic mass is 10.1. The first-order valence-electron chi connectivity index (χ1n) is 9.80. The molecular formula is C24H21N5S. The number of hydrogen-bond acceptors (Lipinski definition) is 5. The Kier molecular flexibility index (Phi) is 4.77. The summed E-state index contributed by atoms with van der Waals surface area (Å²) in [6, 6.07) is 20.7. The van der Waals surface area contributed by atoms with Crippen LogP contribution in [0, 0.1) is 6.92 Å². The van der Waals surface area contributed by atoms with Crippen LogP contribution in [0.2, 0.25) is 0 Å². The molecule has 0 unspecified atom stereocenters. The van der Waals surface area contributed by atoms with Crippen molar-refractivity contribution in [2.45, 2.75) is 13.0 Å². The molecule has 1 N–H and O–H groups in total. The maximum absolute atomic E-state index is 4.63. The Bertz CT molecular complexity index is 1290. The van der Waals surface area contributed by atoms with Crippen LogP contribution in [0.25, 0.3) is 20.7 Å². The molecule has 6 heteroatoms. The van der Waals surface area contributed by atoms with Crippen LogP contribution in [0.15, 0.2) is 79.4 Å². The summed E-state index contributed by atoms with van der Waals surface area (Å²) in [7, 11) is 2.01. The summed E-state index contributed by atoms with van der Waals surface area (Å²) < 4.78 is 2.04. The number of nitrogens with one attached hydrogen (secondary N) is 1. The zero-order chi connectivity index (χ0) is 20.5. The largest absolute Gasteiger partial charge is 0.356 e. The van der Waals surface area contributed by atoms with Gasteiger partial charge in [0.05, 0.1) is 5.39 Å². The number of rotatable bonds is 5. The summed E-state index contributed by atoms with van der Waals surface area (Å²) in [6.45, 7) is 2.15. The predicted octanol–water partition coefficient (Wildman–Crippen LogP) is 5.60. The van der Waals surface area contributed by atoms with E-state index >= 15 is 0 Å². The van der Waals surface area contributed by atoms with E-state index in [0.717, 1.165) is 27.4 Å². The summed E-state index contributed by atoms with van der Waals surface area (Å²) in [5, 5.41) is 4.73. The van der Waals surface area contributed by atoms with Gasteiger partial charge in [-0.25, -0.2) is 15.0 Å². The quantitative estimate of drug-likeness (QED) is 0.409. The van der Waals surface area contributed by atoms with Crippen LogP contribution in [0.4, 0.5) is 5.82 Å². The highest BCUT2D eigenvalue weighted by Gasteiger charge is 2.22. The fraction of sp³-hybridized carbons (Fsp3) is 0.125. The molecule has 0 aliphatic heterocycles. The molecule has 3 aromatic heterocycles. The standard InChI is InChI=1S/C24H21N5S/c1-16-19-22(26-15-27-24(19)30-21(16)18-11-7-4-8-12-18)28-20(17-9-5-3-6-10-17)23-25-13-14-29(23)2/h3-15,20H,1-2H3,(H,26,27,28)/t20-/m1/s1. The Morgan fingerprint density at radius 2 is 1.67 bits per heavy atom.